The van der Waals surface area contributed by atoms with Gasteiger partial charge in [-0.3, -0.25) is 4.79 Å². The maximum atomic E-state index is 12.6. The number of benzene rings is 4. The van der Waals surface area contributed by atoms with Crippen LogP contribution in [0.4, 0.5) is 0 Å². The van der Waals surface area contributed by atoms with Crippen LogP contribution in [-0.4, -0.2) is 74.7 Å². The number of hydrogen-bond donors (Lipinski definition) is 0. The summed E-state index contributed by atoms with van der Waals surface area (Å²) in [6.07, 6.45) is -0.0500. The van der Waals surface area contributed by atoms with Gasteiger partial charge in [-0.15, -0.1) is 0 Å². The first-order valence-corrected chi connectivity index (χ1v) is 17.1. The van der Waals surface area contributed by atoms with E-state index in [1.807, 2.05) is 6.07 Å². The van der Waals surface area contributed by atoms with E-state index in [1.165, 1.54) is 12.2 Å². The van der Waals surface area contributed by atoms with Crippen molar-refractivity contribution in [3.8, 4) is 29.1 Å². The van der Waals surface area contributed by atoms with Crippen LogP contribution >= 0.6 is 0 Å². The van der Waals surface area contributed by atoms with E-state index in [-0.39, 0.29) is 24.5 Å². The lowest BCUT2D eigenvalue weighted by Gasteiger charge is -2.17. The van der Waals surface area contributed by atoms with Gasteiger partial charge in [0.25, 0.3) is 5.70 Å². The van der Waals surface area contributed by atoms with Crippen LogP contribution in [-0.2, 0) is 38.1 Å². The number of nitriles is 1. The van der Waals surface area contributed by atoms with Gasteiger partial charge in [-0.05, 0) is 71.8 Å². The number of fused-ring (bicyclic) bond motifs is 1. The van der Waals surface area contributed by atoms with Gasteiger partial charge in [0.15, 0.2) is 25.4 Å². The largest absolute Gasteiger partial charge is 0.482 e. The molecule has 0 N–H and O–H groups in total. The van der Waals surface area contributed by atoms with Crippen LogP contribution in [0.2, 0.25) is 0 Å². The van der Waals surface area contributed by atoms with E-state index < -0.39 is 61.5 Å². The molecule has 2 saturated heterocycles. The summed E-state index contributed by atoms with van der Waals surface area (Å²) in [5, 5.41) is 9.44. The quantitative estimate of drug-likeness (QED) is 0.0545. The number of esters is 4. The highest BCUT2D eigenvalue weighted by Crippen LogP contribution is 2.31. The Morgan fingerprint density at radius 2 is 1.09 bits per heavy atom. The van der Waals surface area contributed by atoms with Gasteiger partial charge in [0.2, 0.25) is 0 Å². The molecule has 0 unspecified atom stereocenters. The molecule has 0 bridgehead atoms. The van der Waals surface area contributed by atoms with Crippen LogP contribution < -0.4 is 18.9 Å². The summed E-state index contributed by atoms with van der Waals surface area (Å²) in [6, 6.07) is 31.4. The molecule has 56 heavy (non-hydrogen) atoms. The van der Waals surface area contributed by atoms with E-state index in [0.29, 0.717) is 34.1 Å². The lowest BCUT2D eigenvalue weighted by Crippen LogP contribution is -2.37. The first-order valence-electron chi connectivity index (χ1n) is 17.1. The zero-order valence-electron chi connectivity index (χ0n) is 29.5. The highest BCUT2D eigenvalue weighted by atomic mass is 16.7. The molecule has 0 saturated carbocycles. The Kier molecular flexibility index (Phi) is 12.8. The summed E-state index contributed by atoms with van der Waals surface area (Å²) < 4.78 is 44.1. The molecule has 0 amide bonds. The van der Waals surface area contributed by atoms with Gasteiger partial charge >= 0.3 is 23.9 Å². The zero-order chi connectivity index (χ0) is 39.3. The Morgan fingerprint density at radius 3 is 1.54 bits per heavy atom. The van der Waals surface area contributed by atoms with Crippen molar-refractivity contribution in [2.45, 2.75) is 24.4 Å². The summed E-state index contributed by atoms with van der Waals surface area (Å²) in [5.41, 5.74) is 0.678. The molecular formula is C42H32N2O12. The number of carbonyl (C=O) groups is 4. The molecule has 2 fully saturated rings. The number of nitrogens with zero attached hydrogens (tertiary/aromatic N) is 2. The molecule has 14 heteroatoms. The maximum Gasteiger partial charge on any atom is 0.354 e. The van der Waals surface area contributed by atoms with Crippen LogP contribution in [0.25, 0.3) is 17.0 Å². The molecular weight excluding hydrogens is 724 g/mol. The molecule has 0 aromatic heterocycles. The van der Waals surface area contributed by atoms with Gasteiger partial charge in [0.05, 0.1) is 19.8 Å². The van der Waals surface area contributed by atoms with Gasteiger partial charge in [-0.2, -0.15) is 5.26 Å². The molecule has 4 aromatic carbocycles. The highest BCUT2D eigenvalue weighted by molar-refractivity contribution is 5.99. The molecule has 0 radical (unpaired) electrons. The monoisotopic (exact) mass is 756 g/mol. The molecule has 4 atom stereocenters. The summed E-state index contributed by atoms with van der Waals surface area (Å²) in [5.74, 6) is -1.59. The van der Waals surface area contributed by atoms with Crippen molar-refractivity contribution in [3.05, 3.63) is 143 Å². The van der Waals surface area contributed by atoms with Gasteiger partial charge in [-0.1, -0.05) is 60.7 Å². The second kappa shape index (κ2) is 18.7. The standard InChI is InChI=1S/C42H32N2O12/c1-44-34(42(48)54-33-10-6-3-7-11-33)21-28-14-18-31(19-15-28)50-26-38(46)56-36-24-52-39-35(23-51-40(36)39)55-37(45)25-49-30-16-12-27(13-17-30)20-29(22-43)41(47)53-32-8-4-2-5-9-32/h2-21,35-36,39-40H,23-26H2/b29-20+,34-21-/t35-,36+,39-,40-/m1/s1. The van der Waals surface area contributed by atoms with Crippen LogP contribution in [0.15, 0.2) is 120 Å². The Hall–Kier alpha value is -7.26. The van der Waals surface area contributed by atoms with E-state index in [0.717, 1.165) is 0 Å². The molecule has 282 valence electrons. The maximum absolute atomic E-state index is 12.6. The molecule has 14 nitrogen and oxygen atoms in total. The predicted molar refractivity (Wildman–Crippen MR) is 195 cm³/mol. The van der Waals surface area contributed by atoms with E-state index in [4.69, 9.17) is 44.5 Å². The van der Waals surface area contributed by atoms with Crippen LogP contribution in [0.5, 0.6) is 23.0 Å². The lowest BCUT2D eigenvalue weighted by atomic mass is 10.1. The first-order chi connectivity index (χ1) is 27.3. The molecule has 2 heterocycles. The third-order valence-corrected chi connectivity index (χ3v) is 8.19. The molecule has 2 aliphatic heterocycles. The summed E-state index contributed by atoms with van der Waals surface area (Å²) in [4.78, 5) is 53.3. The third-order valence-electron chi connectivity index (χ3n) is 8.19. The summed E-state index contributed by atoms with van der Waals surface area (Å²) in [7, 11) is 0. The van der Waals surface area contributed by atoms with Crippen LogP contribution in [0.3, 0.4) is 0 Å². The van der Waals surface area contributed by atoms with Crippen molar-refractivity contribution in [3.63, 3.8) is 0 Å². The minimum Gasteiger partial charge on any atom is -0.482 e. The fourth-order valence-electron chi connectivity index (χ4n) is 5.54. The first kappa shape index (κ1) is 38.5. The van der Waals surface area contributed by atoms with Crippen LogP contribution in [0.1, 0.15) is 11.1 Å². The minimum absolute atomic E-state index is 0.0283. The number of ether oxygens (including phenoxy) is 8. The lowest BCUT2D eigenvalue weighted by molar-refractivity contribution is -0.157. The van der Waals surface area contributed by atoms with E-state index in [1.54, 1.807) is 109 Å². The normalized spacial score (nSPS) is 18.7. The molecule has 6 rings (SSSR count). The summed E-state index contributed by atoms with van der Waals surface area (Å²) in [6.45, 7) is 6.59. The van der Waals surface area contributed by atoms with Gasteiger partial charge in [0.1, 0.15) is 46.8 Å². The van der Waals surface area contributed by atoms with Gasteiger partial charge in [0, 0.05) is 0 Å². The molecule has 0 aliphatic carbocycles. The van der Waals surface area contributed by atoms with Crippen molar-refractivity contribution in [2.24, 2.45) is 0 Å². The minimum atomic E-state index is -0.793. The number of para-hydroxylation sites is 2. The fraction of sp³-hybridized carbons (Fsp3) is 0.190. The van der Waals surface area contributed by atoms with Crippen molar-refractivity contribution in [1.29, 1.82) is 5.26 Å². The number of rotatable bonds is 14. The Bertz CT molecular complexity index is 2020. The second-order valence-electron chi connectivity index (χ2n) is 12.1. The van der Waals surface area contributed by atoms with Crippen molar-refractivity contribution < 1.29 is 57.1 Å². The van der Waals surface area contributed by atoms with Gasteiger partial charge < -0.3 is 37.9 Å². The van der Waals surface area contributed by atoms with E-state index in [2.05, 4.69) is 4.85 Å². The number of hydrogen-bond acceptors (Lipinski definition) is 13. The molecule has 2 aliphatic rings. The fourth-order valence-corrected chi connectivity index (χ4v) is 5.54. The topological polar surface area (TPSA) is 170 Å². The summed E-state index contributed by atoms with van der Waals surface area (Å²) >= 11 is 0. The Morgan fingerprint density at radius 1 is 0.643 bits per heavy atom. The number of carbonyl (C=O) groups excluding carboxylic acids is 4. The molecule has 0 spiro atoms. The van der Waals surface area contributed by atoms with Crippen molar-refractivity contribution >= 4 is 36.0 Å². The van der Waals surface area contributed by atoms with Crippen molar-refractivity contribution in [2.75, 3.05) is 26.4 Å². The van der Waals surface area contributed by atoms with Crippen LogP contribution in [0, 0.1) is 17.9 Å². The average Bonchev–Trinajstić information content (AvgIpc) is 3.81. The third kappa shape index (κ3) is 10.4. The Balaban J connectivity index is 0.910. The SMILES string of the molecule is [C-]#[N+]/C(=C\c1ccc(OCC(=O)O[C@H]2CO[C@H]3[C@@H]2OC[C@H]3OC(=O)COc2ccc(/C=C(\C#N)C(=O)Oc3ccccc3)cc2)cc1)C(=O)Oc1ccccc1. The zero-order valence-corrected chi connectivity index (χ0v) is 29.5. The van der Waals surface area contributed by atoms with E-state index in [9.17, 15) is 24.4 Å². The Labute approximate surface area is 320 Å². The average molecular weight is 757 g/mol. The predicted octanol–water partition coefficient (Wildman–Crippen LogP) is 5.14. The highest BCUT2D eigenvalue weighted by Gasteiger charge is 2.51. The van der Waals surface area contributed by atoms with E-state index >= 15 is 0 Å². The smallest absolute Gasteiger partial charge is 0.354 e. The van der Waals surface area contributed by atoms with Crippen molar-refractivity contribution in [1.82, 2.24) is 0 Å². The van der Waals surface area contributed by atoms with Gasteiger partial charge in [-0.25, -0.2) is 19.2 Å². The molecule has 4 aromatic rings. The second-order valence-corrected chi connectivity index (χ2v) is 12.1.